The van der Waals surface area contributed by atoms with Crippen molar-refractivity contribution in [2.75, 3.05) is 13.2 Å². The molecule has 1 aliphatic heterocycles. The largest absolute Gasteiger partial charge is 0.374 e. The number of nitrogens with zero attached hydrogens (tertiary/aromatic N) is 1. The number of morpholine rings is 1. The lowest BCUT2D eigenvalue weighted by molar-refractivity contribution is -0.151. The van der Waals surface area contributed by atoms with Crippen molar-refractivity contribution in [1.82, 2.24) is 4.90 Å². The fraction of sp³-hybridized carbons (Fsp3) is 0.923. The summed E-state index contributed by atoms with van der Waals surface area (Å²) in [6, 6.07) is -0.0337. The van der Waals surface area contributed by atoms with Crippen LogP contribution in [-0.2, 0) is 9.53 Å². The fourth-order valence-electron chi connectivity index (χ4n) is 3.02. The van der Waals surface area contributed by atoms with Gasteiger partial charge in [-0.1, -0.05) is 26.2 Å². The summed E-state index contributed by atoms with van der Waals surface area (Å²) in [7, 11) is 0. The maximum absolute atomic E-state index is 12.3. The van der Waals surface area contributed by atoms with E-state index in [0.717, 1.165) is 32.2 Å². The number of halogens is 1. The summed E-state index contributed by atoms with van der Waals surface area (Å²) in [5.41, 5.74) is 5.95. The highest BCUT2D eigenvalue weighted by Gasteiger charge is 2.37. The summed E-state index contributed by atoms with van der Waals surface area (Å²) in [6.07, 6.45) is 6.61. The van der Waals surface area contributed by atoms with Crippen LogP contribution in [0.25, 0.3) is 0 Å². The molecular weight excluding hydrogens is 252 g/mol. The summed E-state index contributed by atoms with van der Waals surface area (Å²) in [4.78, 5) is 14.3. The molecule has 0 aromatic carbocycles. The van der Waals surface area contributed by atoms with Gasteiger partial charge < -0.3 is 15.4 Å². The number of rotatable bonds is 3. The van der Waals surface area contributed by atoms with Gasteiger partial charge in [-0.15, -0.1) is 12.4 Å². The van der Waals surface area contributed by atoms with Crippen molar-refractivity contribution in [2.24, 2.45) is 5.73 Å². The van der Waals surface area contributed by atoms with Crippen LogP contribution in [0.15, 0.2) is 0 Å². The van der Waals surface area contributed by atoms with Crippen molar-refractivity contribution in [3.05, 3.63) is 0 Å². The molecule has 1 saturated carbocycles. The lowest BCUT2D eigenvalue weighted by Crippen LogP contribution is -2.58. The molecule has 3 unspecified atom stereocenters. The van der Waals surface area contributed by atoms with E-state index in [0.29, 0.717) is 6.61 Å². The molecule has 1 heterocycles. The van der Waals surface area contributed by atoms with E-state index in [-0.39, 0.29) is 36.5 Å². The van der Waals surface area contributed by atoms with Crippen LogP contribution in [0.2, 0.25) is 0 Å². The van der Waals surface area contributed by atoms with E-state index in [2.05, 4.69) is 6.92 Å². The van der Waals surface area contributed by atoms with Crippen LogP contribution in [0.5, 0.6) is 0 Å². The number of amides is 1. The molecule has 0 bridgehead atoms. The van der Waals surface area contributed by atoms with Crippen LogP contribution in [0.3, 0.4) is 0 Å². The predicted octanol–water partition coefficient (Wildman–Crippen LogP) is 1.71. The smallest absolute Gasteiger partial charge is 0.239 e. The van der Waals surface area contributed by atoms with Gasteiger partial charge in [0.25, 0.3) is 0 Å². The molecule has 1 saturated heterocycles. The summed E-state index contributed by atoms with van der Waals surface area (Å²) in [5.74, 6) is 0.132. The first-order valence-electron chi connectivity index (χ1n) is 6.91. The molecule has 1 amide bonds. The number of carbonyl (C=O) groups excluding carboxylic acids is 1. The van der Waals surface area contributed by atoms with Gasteiger partial charge >= 0.3 is 0 Å². The van der Waals surface area contributed by atoms with Crippen LogP contribution >= 0.6 is 12.4 Å². The van der Waals surface area contributed by atoms with E-state index in [1.54, 1.807) is 0 Å². The van der Waals surface area contributed by atoms with Crippen LogP contribution in [0.1, 0.15) is 45.4 Å². The first kappa shape index (κ1) is 15.7. The highest BCUT2D eigenvalue weighted by Crippen LogP contribution is 2.28. The maximum atomic E-state index is 12.3. The molecule has 0 aromatic rings. The van der Waals surface area contributed by atoms with Crippen LogP contribution in [0.4, 0.5) is 0 Å². The molecule has 2 aliphatic rings. The molecule has 18 heavy (non-hydrogen) atoms. The third kappa shape index (κ3) is 3.37. The van der Waals surface area contributed by atoms with Gasteiger partial charge in [-0.05, 0) is 19.3 Å². The third-order valence-electron chi connectivity index (χ3n) is 3.93. The van der Waals surface area contributed by atoms with Gasteiger partial charge in [0.2, 0.25) is 5.91 Å². The minimum atomic E-state index is -0.319. The first-order chi connectivity index (χ1) is 8.24. The Labute approximate surface area is 116 Å². The SMILES string of the molecule is CCCC(N)C(=O)N1CCOC2CCCCC21.Cl. The van der Waals surface area contributed by atoms with Gasteiger partial charge in [-0.2, -0.15) is 0 Å². The molecule has 2 fully saturated rings. The van der Waals surface area contributed by atoms with Crippen molar-refractivity contribution in [3.8, 4) is 0 Å². The average molecular weight is 277 g/mol. The van der Waals surface area contributed by atoms with Gasteiger partial charge in [0.1, 0.15) is 0 Å². The van der Waals surface area contributed by atoms with Crippen LogP contribution in [0, 0.1) is 0 Å². The van der Waals surface area contributed by atoms with Gasteiger partial charge in [0, 0.05) is 6.54 Å². The van der Waals surface area contributed by atoms with Crippen molar-refractivity contribution < 1.29 is 9.53 Å². The van der Waals surface area contributed by atoms with E-state index in [9.17, 15) is 4.79 Å². The maximum Gasteiger partial charge on any atom is 0.239 e. The van der Waals surface area contributed by atoms with Crippen LogP contribution < -0.4 is 5.73 Å². The molecule has 3 atom stereocenters. The highest BCUT2D eigenvalue weighted by molar-refractivity contribution is 5.85. The molecule has 5 heteroatoms. The zero-order valence-corrected chi connectivity index (χ0v) is 12.0. The molecule has 0 spiro atoms. The molecular formula is C13H25ClN2O2. The second-order valence-corrected chi connectivity index (χ2v) is 5.19. The molecule has 0 aromatic heterocycles. The Hall–Kier alpha value is -0.320. The zero-order chi connectivity index (χ0) is 12.3. The summed E-state index contributed by atoms with van der Waals surface area (Å²) in [6.45, 7) is 3.46. The number of ether oxygens (including phenoxy) is 1. The Morgan fingerprint density at radius 2 is 2.17 bits per heavy atom. The molecule has 2 rings (SSSR count). The number of hydrogen-bond donors (Lipinski definition) is 1. The normalized spacial score (nSPS) is 29.1. The topological polar surface area (TPSA) is 55.6 Å². The van der Waals surface area contributed by atoms with Crippen molar-refractivity contribution in [1.29, 1.82) is 0 Å². The van der Waals surface area contributed by atoms with Gasteiger partial charge in [0.05, 0.1) is 24.8 Å². The number of nitrogens with two attached hydrogens (primary N) is 1. The Bertz CT molecular complexity index is 274. The summed E-state index contributed by atoms with van der Waals surface area (Å²) in [5, 5.41) is 0. The van der Waals surface area contributed by atoms with E-state index in [4.69, 9.17) is 10.5 Å². The fourth-order valence-corrected chi connectivity index (χ4v) is 3.02. The number of fused-ring (bicyclic) bond motifs is 1. The second kappa shape index (κ2) is 7.31. The Morgan fingerprint density at radius 1 is 1.44 bits per heavy atom. The minimum Gasteiger partial charge on any atom is -0.374 e. The van der Waals surface area contributed by atoms with Crippen molar-refractivity contribution in [2.45, 2.75) is 63.6 Å². The lowest BCUT2D eigenvalue weighted by atomic mass is 9.89. The zero-order valence-electron chi connectivity index (χ0n) is 11.1. The van der Waals surface area contributed by atoms with E-state index in [1.807, 2.05) is 4.90 Å². The molecule has 2 N–H and O–H groups in total. The van der Waals surface area contributed by atoms with Gasteiger partial charge in [-0.3, -0.25) is 4.79 Å². The lowest BCUT2D eigenvalue weighted by Gasteiger charge is -2.44. The second-order valence-electron chi connectivity index (χ2n) is 5.19. The summed E-state index contributed by atoms with van der Waals surface area (Å²) >= 11 is 0. The van der Waals surface area contributed by atoms with Gasteiger partial charge in [0.15, 0.2) is 0 Å². The van der Waals surface area contributed by atoms with Crippen molar-refractivity contribution in [3.63, 3.8) is 0 Å². The Kier molecular flexibility index (Phi) is 6.39. The van der Waals surface area contributed by atoms with E-state index < -0.39 is 0 Å². The molecule has 0 radical (unpaired) electrons. The quantitative estimate of drug-likeness (QED) is 0.854. The monoisotopic (exact) mass is 276 g/mol. The van der Waals surface area contributed by atoms with E-state index >= 15 is 0 Å². The third-order valence-corrected chi connectivity index (χ3v) is 3.93. The summed E-state index contributed by atoms with van der Waals surface area (Å²) < 4.78 is 5.77. The van der Waals surface area contributed by atoms with Crippen LogP contribution in [-0.4, -0.2) is 42.1 Å². The number of carbonyl (C=O) groups is 1. The standard InChI is InChI=1S/C13H24N2O2.ClH/c1-2-5-10(14)13(16)15-8-9-17-12-7-4-3-6-11(12)15;/h10-12H,2-9,14H2,1H3;1H. The predicted molar refractivity (Wildman–Crippen MR) is 73.8 cm³/mol. The van der Waals surface area contributed by atoms with E-state index in [1.165, 1.54) is 12.8 Å². The number of hydrogen-bond acceptors (Lipinski definition) is 3. The van der Waals surface area contributed by atoms with Crippen molar-refractivity contribution >= 4 is 18.3 Å². The minimum absolute atomic E-state index is 0. The highest BCUT2D eigenvalue weighted by atomic mass is 35.5. The molecule has 4 nitrogen and oxygen atoms in total. The Morgan fingerprint density at radius 3 is 2.89 bits per heavy atom. The molecule has 106 valence electrons. The Balaban J connectivity index is 0.00000162. The van der Waals surface area contributed by atoms with Gasteiger partial charge in [-0.25, -0.2) is 0 Å². The first-order valence-corrected chi connectivity index (χ1v) is 6.91. The average Bonchev–Trinajstić information content (AvgIpc) is 2.37. The molecule has 1 aliphatic carbocycles.